The standard InChI is InChI=1S/C15H13F2N3S/c16-9-5-10(17)7-11(6-9)19-15-12(14(18)21)4-8-2-1-3-13(8)20-15/h4-7H,1-3H2,(H2,18,21)(H,19,20). The average molecular weight is 305 g/mol. The third-order valence-electron chi connectivity index (χ3n) is 3.44. The summed E-state index contributed by atoms with van der Waals surface area (Å²) in [5.74, 6) is -0.876. The molecule has 0 spiro atoms. The Bertz CT molecular complexity index is 711. The Morgan fingerprint density at radius 1 is 1.14 bits per heavy atom. The van der Waals surface area contributed by atoms with Crippen LogP contribution in [0.4, 0.5) is 20.3 Å². The van der Waals surface area contributed by atoms with Gasteiger partial charge in [0.25, 0.3) is 0 Å². The molecule has 0 amide bonds. The molecule has 2 aromatic rings. The summed E-state index contributed by atoms with van der Waals surface area (Å²) in [6.07, 6.45) is 2.88. The quantitative estimate of drug-likeness (QED) is 0.855. The number of benzene rings is 1. The van der Waals surface area contributed by atoms with Gasteiger partial charge < -0.3 is 11.1 Å². The molecule has 1 heterocycles. The Morgan fingerprint density at radius 2 is 1.86 bits per heavy atom. The zero-order chi connectivity index (χ0) is 15.0. The van der Waals surface area contributed by atoms with E-state index in [2.05, 4.69) is 10.3 Å². The van der Waals surface area contributed by atoms with Crippen molar-refractivity contribution >= 4 is 28.7 Å². The molecule has 0 saturated heterocycles. The first-order chi connectivity index (χ1) is 10.0. The first kappa shape index (κ1) is 13.9. The third-order valence-corrected chi connectivity index (χ3v) is 3.66. The normalized spacial score (nSPS) is 13.0. The number of thiocarbonyl (C=S) groups is 1. The van der Waals surface area contributed by atoms with Gasteiger partial charge in [-0.05, 0) is 43.0 Å². The van der Waals surface area contributed by atoms with E-state index in [-0.39, 0.29) is 10.7 Å². The van der Waals surface area contributed by atoms with Crippen molar-refractivity contribution in [2.75, 3.05) is 5.32 Å². The van der Waals surface area contributed by atoms with Gasteiger partial charge in [-0.25, -0.2) is 13.8 Å². The van der Waals surface area contributed by atoms with Gasteiger partial charge in [-0.2, -0.15) is 0 Å². The molecule has 1 aliphatic carbocycles. The van der Waals surface area contributed by atoms with E-state index in [9.17, 15) is 8.78 Å². The zero-order valence-corrected chi connectivity index (χ0v) is 11.9. The summed E-state index contributed by atoms with van der Waals surface area (Å²) in [7, 11) is 0. The lowest BCUT2D eigenvalue weighted by molar-refractivity contribution is 0.584. The lowest BCUT2D eigenvalue weighted by atomic mass is 10.1. The molecule has 1 aromatic heterocycles. The lowest BCUT2D eigenvalue weighted by Gasteiger charge is -2.13. The predicted molar refractivity (Wildman–Crippen MR) is 81.8 cm³/mol. The van der Waals surface area contributed by atoms with Gasteiger partial charge >= 0.3 is 0 Å². The number of nitrogens with one attached hydrogen (secondary N) is 1. The van der Waals surface area contributed by atoms with Crippen LogP contribution < -0.4 is 11.1 Å². The number of halogens is 2. The molecule has 0 aliphatic heterocycles. The second-order valence-electron chi connectivity index (χ2n) is 4.99. The van der Waals surface area contributed by atoms with Crippen LogP contribution in [-0.2, 0) is 12.8 Å². The molecule has 3 N–H and O–H groups in total. The third kappa shape index (κ3) is 2.85. The van der Waals surface area contributed by atoms with Crippen LogP contribution in [0, 0.1) is 11.6 Å². The molecule has 0 radical (unpaired) electrons. The Kier molecular flexibility index (Phi) is 3.55. The van der Waals surface area contributed by atoms with Crippen LogP contribution in [0.3, 0.4) is 0 Å². The second-order valence-corrected chi connectivity index (χ2v) is 5.43. The highest BCUT2D eigenvalue weighted by Crippen LogP contribution is 2.27. The van der Waals surface area contributed by atoms with Crippen molar-refractivity contribution in [1.29, 1.82) is 0 Å². The summed E-state index contributed by atoms with van der Waals surface area (Å²) in [6, 6.07) is 5.12. The molecule has 0 atom stereocenters. The van der Waals surface area contributed by atoms with E-state index >= 15 is 0 Å². The molecule has 0 fully saturated rings. The smallest absolute Gasteiger partial charge is 0.140 e. The summed E-state index contributed by atoms with van der Waals surface area (Å²) in [6.45, 7) is 0. The van der Waals surface area contributed by atoms with Gasteiger partial charge in [0.1, 0.15) is 22.4 Å². The fourth-order valence-electron chi connectivity index (χ4n) is 2.52. The molecule has 0 bridgehead atoms. The number of aryl methyl sites for hydroxylation is 2. The maximum Gasteiger partial charge on any atom is 0.140 e. The Hall–Kier alpha value is -2.08. The monoisotopic (exact) mass is 305 g/mol. The number of aromatic nitrogens is 1. The van der Waals surface area contributed by atoms with Crippen molar-refractivity contribution in [3.63, 3.8) is 0 Å². The Balaban J connectivity index is 2.03. The molecular weight excluding hydrogens is 292 g/mol. The first-order valence-electron chi connectivity index (χ1n) is 6.58. The summed E-state index contributed by atoms with van der Waals surface area (Å²) < 4.78 is 26.5. The van der Waals surface area contributed by atoms with Gasteiger partial charge in [0, 0.05) is 17.4 Å². The predicted octanol–water partition coefficient (Wildman–Crippen LogP) is 3.23. The van der Waals surface area contributed by atoms with Gasteiger partial charge in [0.05, 0.1) is 5.56 Å². The van der Waals surface area contributed by atoms with Crippen molar-refractivity contribution < 1.29 is 8.78 Å². The maximum absolute atomic E-state index is 13.3. The van der Waals surface area contributed by atoms with Gasteiger partial charge in [-0.15, -0.1) is 0 Å². The maximum atomic E-state index is 13.3. The van der Waals surface area contributed by atoms with E-state index in [1.54, 1.807) is 0 Å². The topological polar surface area (TPSA) is 50.9 Å². The largest absolute Gasteiger partial charge is 0.389 e. The number of pyridine rings is 1. The molecule has 0 saturated carbocycles. The van der Waals surface area contributed by atoms with Crippen LogP contribution in [-0.4, -0.2) is 9.97 Å². The number of rotatable bonds is 3. The summed E-state index contributed by atoms with van der Waals surface area (Å²) in [4.78, 5) is 4.71. The summed E-state index contributed by atoms with van der Waals surface area (Å²) in [5, 5.41) is 2.91. The SMILES string of the molecule is NC(=S)c1cc2c(nc1Nc1cc(F)cc(F)c1)CCC2. The average Bonchev–Trinajstić information content (AvgIpc) is 2.83. The molecule has 21 heavy (non-hydrogen) atoms. The molecule has 108 valence electrons. The Morgan fingerprint density at radius 3 is 2.52 bits per heavy atom. The van der Waals surface area contributed by atoms with Crippen LogP contribution in [0.5, 0.6) is 0 Å². The van der Waals surface area contributed by atoms with Crippen LogP contribution in [0.15, 0.2) is 24.3 Å². The zero-order valence-electron chi connectivity index (χ0n) is 11.1. The van der Waals surface area contributed by atoms with Crippen molar-refractivity contribution in [1.82, 2.24) is 4.98 Å². The lowest BCUT2D eigenvalue weighted by Crippen LogP contribution is -2.14. The molecule has 0 unspecified atom stereocenters. The molecule has 1 aliphatic rings. The summed E-state index contributed by atoms with van der Waals surface area (Å²) in [5.41, 5.74) is 8.71. The van der Waals surface area contributed by atoms with Gasteiger partial charge in [-0.3, -0.25) is 0 Å². The fourth-order valence-corrected chi connectivity index (χ4v) is 2.67. The van der Waals surface area contributed by atoms with Crippen molar-refractivity contribution in [2.45, 2.75) is 19.3 Å². The van der Waals surface area contributed by atoms with Crippen LogP contribution >= 0.6 is 12.2 Å². The minimum absolute atomic E-state index is 0.205. The van der Waals surface area contributed by atoms with Crippen molar-refractivity contribution in [3.05, 3.63) is 52.7 Å². The van der Waals surface area contributed by atoms with E-state index in [4.69, 9.17) is 18.0 Å². The number of anilines is 2. The Labute approximate surface area is 126 Å². The van der Waals surface area contributed by atoms with Crippen LogP contribution in [0.25, 0.3) is 0 Å². The number of hydrogen-bond donors (Lipinski definition) is 2. The van der Waals surface area contributed by atoms with E-state index < -0.39 is 11.6 Å². The van der Waals surface area contributed by atoms with Gasteiger partial charge in [0.2, 0.25) is 0 Å². The molecule has 3 nitrogen and oxygen atoms in total. The molecular formula is C15H13F2N3S. The number of nitrogens with two attached hydrogens (primary N) is 1. The highest BCUT2D eigenvalue weighted by molar-refractivity contribution is 7.80. The molecule has 6 heteroatoms. The molecule has 3 rings (SSSR count). The number of nitrogens with zero attached hydrogens (tertiary/aromatic N) is 1. The highest BCUT2D eigenvalue weighted by Gasteiger charge is 2.18. The van der Waals surface area contributed by atoms with E-state index in [0.717, 1.165) is 36.6 Å². The van der Waals surface area contributed by atoms with Crippen molar-refractivity contribution in [2.24, 2.45) is 5.73 Å². The van der Waals surface area contributed by atoms with Crippen LogP contribution in [0.1, 0.15) is 23.2 Å². The number of hydrogen-bond acceptors (Lipinski definition) is 3. The highest BCUT2D eigenvalue weighted by atomic mass is 32.1. The first-order valence-corrected chi connectivity index (χ1v) is 6.99. The molecule has 1 aromatic carbocycles. The van der Waals surface area contributed by atoms with Gasteiger partial charge in [-0.1, -0.05) is 12.2 Å². The number of fused-ring (bicyclic) bond motifs is 1. The fraction of sp³-hybridized carbons (Fsp3) is 0.200. The van der Waals surface area contributed by atoms with Crippen LogP contribution in [0.2, 0.25) is 0 Å². The minimum atomic E-state index is -0.657. The van der Waals surface area contributed by atoms with Gasteiger partial charge in [0.15, 0.2) is 0 Å². The van der Waals surface area contributed by atoms with Crippen molar-refractivity contribution in [3.8, 4) is 0 Å². The van der Waals surface area contributed by atoms with E-state index in [1.807, 2.05) is 6.07 Å². The van der Waals surface area contributed by atoms with E-state index in [0.29, 0.717) is 11.4 Å². The van der Waals surface area contributed by atoms with E-state index in [1.165, 1.54) is 12.1 Å². The second kappa shape index (κ2) is 5.37. The minimum Gasteiger partial charge on any atom is -0.389 e. The summed E-state index contributed by atoms with van der Waals surface area (Å²) >= 11 is 5.04.